The molecule has 1 N–H and O–H groups in total. The number of carboxylic acid groups (broad SMARTS) is 1. The van der Waals surface area contributed by atoms with Gasteiger partial charge in [0.25, 0.3) is 0 Å². The number of aromatic carboxylic acids is 1. The van der Waals surface area contributed by atoms with E-state index in [0.29, 0.717) is 17.4 Å². The van der Waals surface area contributed by atoms with Gasteiger partial charge in [-0.15, -0.1) is 0 Å². The van der Waals surface area contributed by atoms with Crippen molar-refractivity contribution >= 4 is 5.97 Å². The summed E-state index contributed by atoms with van der Waals surface area (Å²) in [5.74, 6) is 1.18. The van der Waals surface area contributed by atoms with Crippen molar-refractivity contribution in [3.05, 3.63) is 100 Å². The first kappa shape index (κ1) is 21.2. The third kappa shape index (κ3) is 4.82. The number of hydrogen-bond acceptors (Lipinski definition) is 2. The Kier molecular flexibility index (Phi) is 6.41. The van der Waals surface area contributed by atoms with E-state index in [0.717, 1.165) is 31.4 Å². The molecule has 1 aliphatic rings. The highest BCUT2D eigenvalue weighted by Crippen LogP contribution is 2.42. The van der Waals surface area contributed by atoms with Crippen LogP contribution in [0.4, 0.5) is 0 Å². The molecule has 3 aromatic rings. The number of fused-ring (bicyclic) bond motifs is 1. The van der Waals surface area contributed by atoms with Crippen LogP contribution in [0.15, 0.2) is 66.7 Å². The van der Waals surface area contributed by atoms with Gasteiger partial charge in [-0.3, -0.25) is 0 Å². The molecule has 3 heteroatoms. The van der Waals surface area contributed by atoms with Crippen molar-refractivity contribution < 1.29 is 14.6 Å². The van der Waals surface area contributed by atoms with E-state index >= 15 is 0 Å². The average molecular weight is 415 g/mol. The van der Waals surface area contributed by atoms with Crippen molar-refractivity contribution in [3.8, 4) is 5.75 Å². The summed E-state index contributed by atoms with van der Waals surface area (Å²) in [7, 11) is 1.72. The van der Waals surface area contributed by atoms with E-state index in [1.165, 1.54) is 28.7 Å². The summed E-state index contributed by atoms with van der Waals surface area (Å²) in [6.07, 6.45) is 5.33. The number of hydrogen-bond donors (Lipinski definition) is 1. The maximum absolute atomic E-state index is 11.1. The quantitative estimate of drug-likeness (QED) is 0.485. The molecule has 3 aromatic carbocycles. The van der Waals surface area contributed by atoms with Gasteiger partial charge in [-0.2, -0.15) is 0 Å². The predicted molar refractivity (Wildman–Crippen MR) is 124 cm³/mol. The van der Waals surface area contributed by atoms with Crippen molar-refractivity contribution in [1.82, 2.24) is 0 Å². The van der Waals surface area contributed by atoms with Gasteiger partial charge >= 0.3 is 5.97 Å². The Hall–Kier alpha value is -3.07. The number of aryl methyl sites for hydroxylation is 3. The third-order valence-corrected chi connectivity index (χ3v) is 6.64. The van der Waals surface area contributed by atoms with Gasteiger partial charge in [0.2, 0.25) is 0 Å². The molecule has 0 aliphatic heterocycles. The van der Waals surface area contributed by atoms with Gasteiger partial charge in [-0.05, 0) is 96.0 Å². The van der Waals surface area contributed by atoms with Crippen molar-refractivity contribution in [3.63, 3.8) is 0 Å². The number of carbonyl (C=O) groups is 1. The zero-order valence-electron chi connectivity index (χ0n) is 18.3. The minimum atomic E-state index is -0.875. The van der Waals surface area contributed by atoms with Gasteiger partial charge in [0.1, 0.15) is 5.75 Å². The molecule has 2 atom stereocenters. The first-order valence-corrected chi connectivity index (χ1v) is 11.1. The standard InChI is InChI=1S/C28H30O3/c1-19(17-21-5-3-8-25(18-21)31-2)26-16-15-23-7-4-6-22(27(23)26)12-9-20-10-13-24(14-11-20)28(29)30/h3-8,10-11,13-14,18-19,26H,9,12,15-17H2,1-2H3,(H,29,30)/t19-,26-/m1/s1. The van der Waals surface area contributed by atoms with E-state index in [4.69, 9.17) is 9.84 Å². The Morgan fingerprint density at radius 1 is 1.03 bits per heavy atom. The monoisotopic (exact) mass is 414 g/mol. The lowest BCUT2D eigenvalue weighted by atomic mass is 9.81. The largest absolute Gasteiger partial charge is 0.497 e. The summed E-state index contributed by atoms with van der Waals surface area (Å²) in [4.78, 5) is 11.1. The molecule has 3 nitrogen and oxygen atoms in total. The fourth-order valence-electron chi connectivity index (χ4n) is 5.01. The van der Waals surface area contributed by atoms with Crippen LogP contribution in [0.5, 0.6) is 5.75 Å². The molecule has 1 aliphatic carbocycles. The maximum atomic E-state index is 11.1. The van der Waals surface area contributed by atoms with Crippen LogP contribution in [-0.2, 0) is 25.7 Å². The molecular formula is C28H30O3. The minimum Gasteiger partial charge on any atom is -0.497 e. The molecule has 0 bridgehead atoms. The second kappa shape index (κ2) is 9.38. The van der Waals surface area contributed by atoms with Crippen molar-refractivity contribution in [2.75, 3.05) is 7.11 Å². The molecule has 0 radical (unpaired) electrons. The van der Waals surface area contributed by atoms with Crippen molar-refractivity contribution in [2.24, 2.45) is 5.92 Å². The molecule has 0 unspecified atom stereocenters. The molecule has 0 aromatic heterocycles. The highest BCUT2D eigenvalue weighted by molar-refractivity contribution is 5.87. The SMILES string of the molecule is COc1cccc(C[C@@H](C)[C@H]2CCc3cccc(CCc4ccc(C(=O)O)cc4)c32)c1. The average Bonchev–Trinajstić information content (AvgIpc) is 3.23. The lowest BCUT2D eigenvalue weighted by Gasteiger charge is -2.23. The second-order valence-electron chi connectivity index (χ2n) is 8.67. The summed E-state index contributed by atoms with van der Waals surface area (Å²) < 4.78 is 5.40. The normalized spacial score (nSPS) is 16.0. The van der Waals surface area contributed by atoms with Crippen LogP contribution in [0.25, 0.3) is 0 Å². The second-order valence-corrected chi connectivity index (χ2v) is 8.67. The van der Waals surface area contributed by atoms with Gasteiger partial charge in [0.15, 0.2) is 0 Å². The smallest absolute Gasteiger partial charge is 0.335 e. The number of carboxylic acids is 1. The van der Waals surface area contributed by atoms with E-state index in [9.17, 15) is 4.79 Å². The van der Waals surface area contributed by atoms with E-state index in [1.54, 1.807) is 24.8 Å². The van der Waals surface area contributed by atoms with Gasteiger partial charge in [0.05, 0.1) is 12.7 Å². The van der Waals surface area contributed by atoms with E-state index in [2.05, 4.69) is 43.3 Å². The van der Waals surface area contributed by atoms with Crippen molar-refractivity contribution in [2.45, 2.75) is 44.9 Å². The van der Waals surface area contributed by atoms with Crippen LogP contribution < -0.4 is 4.74 Å². The Labute approximate surface area is 184 Å². The molecular weight excluding hydrogens is 384 g/mol. The fourth-order valence-corrected chi connectivity index (χ4v) is 5.01. The minimum absolute atomic E-state index is 0.343. The fraction of sp³-hybridized carbons (Fsp3) is 0.321. The summed E-state index contributed by atoms with van der Waals surface area (Å²) in [5.41, 5.74) is 7.36. The van der Waals surface area contributed by atoms with Crippen LogP contribution in [0.3, 0.4) is 0 Å². The molecule has 0 heterocycles. The lowest BCUT2D eigenvalue weighted by Crippen LogP contribution is -2.12. The zero-order chi connectivity index (χ0) is 21.8. The molecule has 160 valence electrons. The molecule has 4 rings (SSSR count). The number of rotatable bonds is 8. The molecule has 0 saturated heterocycles. The highest BCUT2D eigenvalue weighted by Gasteiger charge is 2.29. The predicted octanol–water partition coefficient (Wildman–Crippen LogP) is 6.09. The molecule has 0 fully saturated rings. The van der Waals surface area contributed by atoms with E-state index in [1.807, 2.05) is 18.2 Å². The van der Waals surface area contributed by atoms with Crippen LogP contribution in [-0.4, -0.2) is 18.2 Å². The van der Waals surface area contributed by atoms with Crippen molar-refractivity contribution in [1.29, 1.82) is 0 Å². The van der Waals surface area contributed by atoms with Crippen LogP contribution >= 0.6 is 0 Å². The Morgan fingerprint density at radius 3 is 2.55 bits per heavy atom. The maximum Gasteiger partial charge on any atom is 0.335 e. The number of methoxy groups -OCH3 is 1. The summed E-state index contributed by atoms with van der Waals surface area (Å²) in [6.45, 7) is 2.38. The van der Waals surface area contributed by atoms with Gasteiger partial charge in [-0.25, -0.2) is 4.79 Å². The van der Waals surface area contributed by atoms with Gasteiger partial charge < -0.3 is 9.84 Å². The van der Waals surface area contributed by atoms with E-state index < -0.39 is 5.97 Å². The van der Waals surface area contributed by atoms with E-state index in [-0.39, 0.29) is 0 Å². The molecule has 0 saturated carbocycles. The molecule has 31 heavy (non-hydrogen) atoms. The summed E-state index contributed by atoms with van der Waals surface area (Å²) >= 11 is 0. The Balaban J connectivity index is 1.49. The zero-order valence-corrected chi connectivity index (χ0v) is 18.3. The Bertz CT molecular complexity index is 1050. The van der Waals surface area contributed by atoms with Gasteiger partial charge in [0, 0.05) is 0 Å². The van der Waals surface area contributed by atoms with Gasteiger partial charge in [-0.1, -0.05) is 49.4 Å². The molecule has 0 amide bonds. The number of ether oxygens (including phenoxy) is 1. The highest BCUT2D eigenvalue weighted by atomic mass is 16.5. The summed E-state index contributed by atoms with van der Waals surface area (Å²) in [5, 5.41) is 9.10. The Morgan fingerprint density at radius 2 is 1.81 bits per heavy atom. The first-order valence-electron chi connectivity index (χ1n) is 11.1. The first-order chi connectivity index (χ1) is 15.0. The lowest BCUT2D eigenvalue weighted by molar-refractivity contribution is 0.0697. The molecule has 0 spiro atoms. The van der Waals surface area contributed by atoms with Crippen LogP contribution in [0, 0.1) is 5.92 Å². The van der Waals surface area contributed by atoms with Crippen LogP contribution in [0.2, 0.25) is 0 Å². The summed E-state index contributed by atoms with van der Waals surface area (Å²) in [6, 6.07) is 22.5. The third-order valence-electron chi connectivity index (χ3n) is 6.64. The van der Waals surface area contributed by atoms with Crippen LogP contribution in [0.1, 0.15) is 57.4 Å². The number of benzene rings is 3. The topological polar surface area (TPSA) is 46.5 Å².